The number of hydrogen-bond donors (Lipinski definition) is 2. The molecule has 1 aliphatic heterocycles. The minimum Gasteiger partial charge on any atom is -0.329 e. The monoisotopic (exact) mass is 199 g/mol. The van der Waals surface area contributed by atoms with Crippen LogP contribution < -0.4 is 11.1 Å². The maximum absolute atomic E-state index is 11.5. The molecule has 5 nitrogen and oxygen atoms in total. The predicted molar refractivity (Wildman–Crippen MR) is 52.5 cm³/mol. The molecule has 2 unspecified atom stereocenters. The molecule has 0 radical (unpaired) electrons. The van der Waals surface area contributed by atoms with E-state index in [-0.39, 0.29) is 30.4 Å². The number of carbonyl (C=O) groups excluding carboxylic acids is 2. The van der Waals surface area contributed by atoms with Crippen LogP contribution in [0.15, 0.2) is 0 Å². The zero-order valence-electron chi connectivity index (χ0n) is 8.62. The molecule has 80 valence electrons. The fourth-order valence-corrected chi connectivity index (χ4v) is 1.71. The van der Waals surface area contributed by atoms with Crippen molar-refractivity contribution in [1.82, 2.24) is 10.2 Å². The molecule has 0 bridgehead atoms. The van der Waals surface area contributed by atoms with Gasteiger partial charge in [-0.2, -0.15) is 0 Å². The van der Waals surface area contributed by atoms with Gasteiger partial charge in [0.2, 0.25) is 11.8 Å². The first kappa shape index (κ1) is 11.1. The molecule has 1 fully saturated rings. The zero-order valence-corrected chi connectivity index (χ0v) is 8.62. The first-order valence-corrected chi connectivity index (χ1v) is 4.89. The van der Waals surface area contributed by atoms with Crippen LogP contribution >= 0.6 is 0 Å². The molecular formula is C9H17N3O2. The van der Waals surface area contributed by atoms with Gasteiger partial charge in [0, 0.05) is 12.6 Å². The molecule has 2 amide bonds. The van der Waals surface area contributed by atoms with E-state index in [1.54, 1.807) is 0 Å². The summed E-state index contributed by atoms with van der Waals surface area (Å²) in [6, 6.07) is -0.152. The molecule has 14 heavy (non-hydrogen) atoms. The van der Waals surface area contributed by atoms with Crippen molar-refractivity contribution >= 4 is 11.8 Å². The van der Waals surface area contributed by atoms with E-state index in [2.05, 4.69) is 5.32 Å². The van der Waals surface area contributed by atoms with Crippen molar-refractivity contribution in [2.24, 2.45) is 5.73 Å². The van der Waals surface area contributed by atoms with Gasteiger partial charge < -0.3 is 5.73 Å². The highest BCUT2D eigenvalue weighted by Crippen LogP contribution is 2.12. The number of hydrogen-bond acceptors (Lipinski definition) is 4. The molecule has 1 heterocycles. The quantitative estimate of drug-likeness (QED) is 0.576. The predicted octanol–water partition coefficient (Wildman–Crippen LogP) is -0.929. The first-order valence-electron chi connectivity index (χ1n) is 4.89. The average molecular weight is 199 g/mol. The number of nitrogens with two attached hydrogens (primary N) is 1. The van der Waals surface area contributed by atoms with Crippen molar-refractivity contribution in [3.63, 3.8) is 0 Å². The van der Waals surface area contributed by atoms with Crippen LogP contribution in [0.2, 0.25) is 0 Å². The van der Waals surface area contributed by atoms with Gasteiger partial charge in [-0.3, -0.25) is 19.8 Å². The van der Waals surface area contributed by atoms with Crippen molar-refractivity contribution < 1.29 is 9.59 Å². The van der Waals surface area contributed by atoms with E-state index in [1.807, 2.05) is 18.7 Å². The number of piperazine rings is 1. The molecule has 2 atom stereocenters. The summed E-state index contributed by atoms with van der Waals surface area (Å²) in [5, 5.41) is 2.33. The van der Waals surface area contributed by atoms with E-state index in [9.17, 15) is 9.59 Å². The van der Waals surface area contributed by atoms with Gasteiger partial charge in [-0.05, 0) is 13.3 Å². The van der Waals surface area contributed by atoms with Crippen LogP contribution in [0, 0.1) is 0 Å². The third kappa shape index (κ3) is 2.10. The summed E-state index contributed by atoms with van der Waals surface area (Å²) in [4.78, 5) is 24.5. The Bertz CT molecular complexity index is 242. The minimum absolute atomic E-state index is 0.0648. The normalized spacial score (nSPS) is 26.1. The van der Waals surface area contributed by atoms with E-state index in [0.717, 1.165) is 0 Å². The van der Waals surface area contributed by atoms with Gasteiger partial charge in [0.05, 0.1) is 12.6 Å². The van der Waals surface area contributed by atoms with Gasteiger partial charge >= 0.3 is 0 Å². The lowest BCUT2D eigenvalue weighted by atomic mass is 10.1. The number of nitrogens with one attached hydrogen (secondary N) is 1. The van der Waals surface area contributed by atoms with Gasteiger partial charge in [0.15, 0.2) is 0 Å². The van der Waals surface area contributed by atoms with Crippen LogP contribution in [0.1, 0.15) is 20.3 Å². The molecular weight excluding hydrogens is 182 g/mol. The number of carbonyl (C=O) groups is 2. The number of nitrogens with zero attached hydrogens (tertiary/aromatic N) is 1. The fourth-order valence-electron chi connectivity index (χ4n) is 1.71. The van der Waals surface area contributed by atoms with Crippen LogP contribution in [0.5, 0.6) is 0 Å². The Balaban J connectivity index is 2.77. The van der Waals surface area contributed by atoms with Gasteiger partial charge in [-0.15, -0.1) is 0 Å². The lowest BCUT2D eigenvalue weighted by Crippen LogP contribution is -2.61. The lowest BCUT2D eigenvalue weighted by Gasteiger charge is -2.37. The molecule has 1 rings (SSSR count). The summed E-state index contributed by atoms with van der Waals surface area (Å²) in [5.74, 6) is -0.441. The molecule has 1 saturated heterocycles. The maximum atomic E-state index is 11.5. The third-order valence-electron chi connectivity index (χ3n) is 2.59. The standard InChI is InChI=1S/C9H17N3O2/c1-3-7-9(14)11-8(13)5-12(7)6(2)4-10/h6-7H,3-5,10H2,1-2H3,(H,11,13,14). The van der Waals surface area contributed by atoms with E-state index in [1.165, 1.54) is 0 Å². The highest BCUT2D eigenvalue weighted by Gasteiger charge is 2.34. The number of rotatable bonds is 3. The van der Waals surface area contributed by atoms with Crippen LogP contribution in [-0.4, -0.2) is 41.9 Å². The summed E-state index contributed by atoms with van der Waals surface area (Å²) in [6.07, 6.45) is 0.698. The molecule has 5 heteroatoms. The van der Waals surface area contributed by atoms with Crippen molar-refractivity contribution in [3.05, 3.63) is 0 Å². The molecule has 0 aliphatic carbocycles. The van der Waals surface area contributed by atoms with E-state index < -0.39 is 0 Å². The fraction of sp³-hybridized carbons (Fsp3) is 0.778. The largest absolute Gasteiger partial charge is 0.329 e. The molecule has 0 aromatic rings. The summed E-state index contributed by atoms with van der Waals surface area (Å²) in [7, 11) is 0. The van der Waals surface area contributed by atoms with Gasteiger partial charge in [0.25, 0.3) is 0 Å². The molecule has 3 N–H and O–H groups in total. The zero-order chi connectivity index (χ0) is 10.7. The van der Waals surface area contributed by atoms with Crippen LogP contribution in [0.25, 0.3) is 0 Å². The second-order valence-corrected chi connectivity index (χ2v) is 3.59. The summed E-state index contributed by atoms with van der Waals surface area (Å²) >= 11 is 0. The highest BCUT2D eigenvalue weighted by molar-refractivity contribution is 6.01. The summed E-state index contributed by atoms with van der Waals surface area (Å²) in [6.45, 7) is 4.57. The van der Waals surface area contributed by atoms with E-state index in [0.29, 0.717) is 13.0 Å². The van der Waals surface area contributed by atoms with Crippen LogP contribution in [0.4, 0.5) is 0 Å². The molecule has 1 aliphatic rings. The Hall–Kier alpha value is -0.940. The smallest absolute Gasteiger partial charge is 0.243 e. The molecule has 0 spiro atoms. The number of amides is 2. The molecule has 0 saturated carbocycles. The topological polar surface area (TPSA) is 75.4 Å². The van der Waals surface area contributed by atoms with Gasteiger partial charge in [-0.25, -0.2) is 0 Å². The Morgan fingerprint density at radius 2 is 2.29 bits per heavy atom. The molecule has 0 aromatic carbocycles. The van der Waals surface area contributed by atoms with Crippen molar-refractivity contribution in [1.29, 1.82) is 0 Å². The van der Waals surface area contributed by atoms with Gasteiger partial charge in [-0.1, -0.05) is 6.92 Å². The van der Waals surface area contributed by atoms with Crippen molar-refractivity contribution in [3.8, 4) is 0 Å². The van der Waals surface area contributed by atoms with Crippen LogP contribution in [-0.2, 0) is 9.59 Å². The van der Waals surface area contributed by atoms with Crippen molar-refractivity contribution in [2.45, 2.75) is 32.4 Å². The van der Waals surface area contributed by atoms with Crippen LogP contribution in [0.3, 0.4) is 0 Å². The Morgan fingerprint density at radius 3 is 2.79 bits per heavy atom. The lowest BCUT2D eigenvalue weighted by molar-refractivity contribution is -0.141. The SMILES string of the molecule is CCC1C(=O)NC(=O)CN1C(C)CN. The van der Waals surface area contributed by atoms with Gasteiger partial charge in [0.1, 0.15) is 0 Å². The Morgan fingerprint density at radius 1 is 1.64 bits per heavy atom. The second kappa shape index (κ2) is 4.52. The third-order valence-corrected chi connectivity index (χ3v) is 2.59. The Kier molecular flexibility index (Phi) is 3.60. The summed E-state index contributed by atoms with van der Waals surface area (Å²) in [5.41, 5.74) is 5.53. The van der Waals surface area contributed by atoms with Crippen molar-refractivity contribution in [2.75, 3.05) is 13.1 Å². The Labute approximate surface area is 83.6 Å². The average Bonchev–Trinajstić information content (AvgIpc) is 2.15. The second-order valence-electron chi connectivity index (χ2n) is 3.59. The maximum Gasteiger partial charge on any atom is 0.243 e. The summed E-state index contributed by atoms with van der Waals surface area (Å²) < 4.78 is 0. The van der Waals surface area contributed by atoms with E-state index >= 15 is 0 Å². The minimum atomic E-state index is -0.236. The first-order chi connectivity index (χ1) is 6.60. The highest BCUT2D eigenvalue weighted by atomic mass is 16.2. The molecule has 0 aromatic heterocycles. The number of imide groups is 1. The van der Waals surface area contributed by atoms with E-state index in [4.69, 9.17) is 5.73 Å².